The van der Waals surface area contributed by atoms with Crippen LogP contribution in [0.2, 0.25) is 0 Å². The molecule has 0 radical (unpaired) electrons. The third-order valence-electron chi connectivity index (χ3n) is 8.04. The molecule has 0 bridgehead atoms. The molecule has 0 unspecified atom stereocenters. The minimum Gasteiger partial charge on any atom is -0.399 e. The molecule has 0 saturated carbocycles. The number of nitrogens with one attached hydrogen (secondary N) is 2. The number of hydrogen-bond acceptors (Lipinski definition) is 5. The maximum absolute atomic E-state index is 11.8. The van der Waals surface area contributed by atoms with Crippen molar-refractivity contribution in [1.29, 1.82) is 0 Å². The molecule has 0 saturated heterocycles. The zero-order valence-corrected chi connectivity index (χ0v) is 24.4. The van der Waals surface area contributed by atoms with Crippen molar-refractivity contribution in [3.05, 3.63) is 164 Å². The van der Waals surface area contributed by atoms with Crippen LogP contribution in [0.5, 0.6) is 0 Å². The molecule has 0 atom stereocenters. The SMILES string of the molecule is Nc1cc(-c2cccc3ccccc23)c2[nH]c(=O)ccc2c1.O=c1ccc2cc([N+](=O)[O-])cc(-c3cccc4ccccc34)c2[nH]1. The van der Waals surface area contributed by atoms with Crippen LogP contribution in [0.25, 0.3) is 65.6 Å². The molecule has 8 nitrogen and oxygen atoms in total. The van der Waals surface area contributed by atoms with E-state index >= 15 is 0 Å². The van der Waals surface area contributed by atoms with Gasteiger partial charge in [0.05, 0.1) is 16.0 Å². The minimum atomic E-state index is -0.417. The quantitative estimate of drug-likeness (QED) is 0.106. The van der Waals surface area contributed by atoms with Crippen molar-refractivity contribution < 1.29 is 4.92 Å². The molecule has 0 aliphatic carbocycles. The van der Waals surface area contributed by atoms with Gasteiger partial charge in [-0.1, -0.05) is 84.9 Å². The molecule has 8 rings (SSSR count). The van der Waals surface area contributed by atoms with Crippen LogP contribution in [0, 0.1) is 10.1 Å². The molecule has 2 heterocycles. The van der Waals surface area contributed by atoms with Crippen molar-refractivity contribution in [1.82, 2.24) is 9.97 Å². The molecule has 0 spiro atoms. The van der Waals surface area contributed by atoms with Crippen molar-refractivity contribution in [2.24, 2.45) is 0 Å². The highest BCUT2D eigenvalue weighted by atomic mass is 16.6. The molecular formula is C38H26N4O4. The number of pyridine rings is 2. The first-order valence-electron chi connectivity index (χ1n) is 14.6. The molecule has 222 valence electrons. The van der Waals surface area contributed by atoms with Gasteiger partial charge < -0.3 is 15.7 Å². The number of H-pyrrole nitrogens is 2. The number of fused-ring (bicyclic) bond motifs is 4. The summed E-state index contributed by atoms with van der Waals surface area (Å²) in [4.78, 5) is 40.1. The lowest BCUT2D eigenvalue weighted by Crippen LogP contribution is -2.04. The summed E-state index contributed by atoms with van der Waals surface area (Å²) in [5, 5.41) is 17.2. The predicted octanol–water partition coefficient (Wildman–Crippen LogP) is 8.19. The number of nitrogens with zero attached hydrogens (tertiary/aromatic N) is 1. The molecule has 8 heteroatoms. The van der Waals surface area contributed by atoms with Gasteiger partial charge in [0.1, 0.15) is 0 Å². The first kappa shape index (κ1) is 28.2. The van der Waals surface area contributed by atoms with E-state index in [2.05, 4.69) is 34.2 Å². The summed E-state index contributed by atoms with van der Waals surface area (Å²) in [6.07, 6.45) is 0. The van der Waals surface area contributed by atoms with Crippen LogP contribution < -0.4 is 16.9 Å². The molecular weight excluding hydrogens is 576 g/mol. The van der Waals surface area contributed by atoms with Crippen molar-refractivity contribution in [3.63, 3.8) is 0 Å². The fraction of sp³-hybridized carbons (Fsp3) is 0. The predicted molar refractivity (Wildman–Crippen MR) is 186 cm³/mol. The topological polar surface area (TPSA) is 135 Å². The number of aromatic amines is 2. The molecule has 4 N–H and O–H groups in total. The Kier molecular flexibility index (Phi) is 7.07. The zero-order valence-electron chi connectivity index (χ0n) is 24.4. The number of nitro groups is 1. The Hall–Kier alpha value is -6.54. The number of hydrogen-bond donors (Lipinski definition) is 3. The van der Waals surface area contributed by atoms with Gasteiger partial charge in [-0.25, -0.2) is 0 Å². The van der Waals surface area contributed by atoms with Gasteiger partial charge in [-0.15, -0.1) is 0 Å². The molecule has 0 aliphatic heterocycles. The number of anilines is 1. The van der Waals surface area contributed by atoms with E-state index in [-0.39, 0.29) is 16.8 Å². The summed E-state index contributed by atoms with van der Waals surface area (Å²) in [5.41, 5.74) is 11.3. The number of non-ortho nitro benzene ring substituents is 1. The van der Waals surface area contributed by atoms with E-state index in [9.17, 15) is 19.7 Å². The maximum Gasteiger partial charge on any atom is 0.270 e. The smallest absolute Gasteiger partial charge is 0.270 e. The van der Waals surface area contributed by atoms with E-state index in [0.717, 1.165) is 49.1 Å². The Morgan fingerprint density at radius 3 is 1.52 bits per heavy atom. The lowest BCUT2D eigenvalue weighted by atomic mass is 9.96. The van der Waals surface area contributed by atoms with Crippen LogP contribution in [-0.4, -0.2) is 14.9 Å². The Balaban J connectivity index is 0.000000147. The van der Waals surface area contributed by atoms with Crippen LogP contribution in [0.1, 0.15) is 0 Å². The van der Waals surface area contributed by atoms with Gasteiger partial charge >= 0.3 is 0 Å². The standard InChI is InChI=1S/C19H12N2O3.C19H14N2O/c22-18-9-8-13-10-14(21(23)24)11-17(19(13)20-18)16-7-3-5-12-4-1-2-6-15(12)16;20-14-10-13-8-9-18(22)21-19(13)17(11-14)16-7-3-5-12-4-1-2-6-15(12)16/h1-11H,(H,20,22);1-11H,20H2,(H,21,22). The summed E-state index contributed by atoms with van der Waals surface area (Å²) in [5.74, 6) is 0. The monoisotopic (exact) mass is 602 g/mol. The summed E-state index contributed by atoms with van der Waals surface area (Å²) < 4.78 is 0. The van der Waals surface area contributed by atoms with Crippen LogP contribution in [0.4, 0.5) is 11.4 Å². The van der Waals surface area contributed by atoms with Gasteiger partial charge in [-0.3, -0.25) is 19.7 Å². The van der Waals surface area contributed by atoms with Crippen molar-refractivity contribution in [2.45, 2.75) is 0 Å². The summed E-state index contributed by atoms with van der Waals surface area (Å²) >= 11 is 0. The average Bonchev–Trinajstić information content (AvgIpc) is 3.07. The second-order valence-electron chi connectivity index (χ2n) is 10.9. The Bertz CT molecular complexity index is 2580. The van der Waals surface area contributed by atoms with Crippen molar-refractivity contribution in [2.75, 3.05) is 5.73 Å². The molecule has 8 aromatic rings. The number of nitrogens with two attached hydrogens (primary N) is 1. The normalized spacial score (nSPS) is 11.0. The number of nitro benzene ring substituents is 1. The van der Waals surface area contributed by atoms with Gasteiger partial charge in [-0.2, -0.15) is 0 Å². The molecule has 2 aromatic heterocycles. The van der Waals surface area contributed by atoms with E-state index in [4.69, 9.17) is 5.73 Å². The third-order valence-corrected chi connectivity index (χ3v) is 8.04. The van der Waals surface area contributed by atoms with Gasteiger partial charge in [0.15, 0.2) is 0 Å². The van der Waals surface area contributed by atoms with Gasteiger partial charge in [0, 0.05) is 51.9 Å². The number of benzene rings is 6. The van der Waals surface area contributed by atoms with E-state index in [0.29, 0.717) is 22.2 Å². The Morgan fingerprint density at radius 2 is 0.978 bits per heavy atom. The van der Waals surface area contributed by atoms with Crippen LogP contribution in [0.3, 0.4) is 0 Å². The second kappa shape index (κ2) is 11.5. The molecule has 46 heavy (non-hydrogen) atoms. The fourth-order valence-corrected chi connectivity index (χ4v) is 5.99. The molecule has 0 aliphatic rings. The molecule has 0 fully saturated rings. The highest BCUT2D eigenvalue weighted by Gasteiger charge is 2.15. The van der Waals surface area contributed by atoms with E-state index in [1.165, 1.54) is 24.3 Å². The Labute approximate surface area is 261 Å². The maximum atomic E-state index is 11.8. The Morgan fingerprint density at radius 1 is 0.500 bits per heavy atom. The molecule has 0 amide bonds. The van der Waals surface area contributed by atoms with Crippen LogP contribution in [0.15, 0.2) is 143 Å². The lowest BCUT2D eigenvalue weighted by Gasteiger charge is -2.11. The summed E-state index contributed by atoms with van der Waals surface area (Å²) in [6.45, 7) is 0. The first-order valence-corrected chi connectivity index (χ1v) is 14.6. The van der Waals surface area contributed by atoms with E-state index in [1.807, 2.05) is 72.8 Å². The van der Waals surface area contributed by atoms with Crippen molar-refractivity contribution in [3.8, 4) is 22.3 Å². The highest BCUT2D eigenvalue weighted by molar-refractivity contribution is 6.06. The second-order valence-corrected chi connectivity index (χ2v) is 10.9. The van der Waals surface area contributed by atoms with E-state index in [1.54, 1.807) is 12.1 Å². The average molecular weight is 603 g/mol. The number of rotatable bonds is 3. The number of nitrogen functional groups attached to an aromatic ring is 1. The van der Waals surface area contributed by atoms with Crippen LogP contribution in [-0.2, 0) is 0 Å². The fourth-order valence-electron chi connectivity index (χ4n) is 5.99. The van der Waals surface area contributed by atoms with Gasteiger partial charge in [-0.05, 0) is 56.9 Å². The van der Waals surface area contributed by atoms with Crippen molar-refractivity contribution >= 4 is 54.7 Å². The minimum absolute atomic E-state index is 0.00233. The first-order chi connectivity index (χ1) is 22.4. The third kappa shape index (κ3) is 5.24. The summed E-state index contributed by atoms with van der Waals surface area (Å²) in [7, 11) is 0. The van der Waals surface area contributed by atoms with E-state index < -0.39 is 4.92 Å². The lowest BCUT2D eigenvalue weighted by molar-refractivity contribution is -0.384. The summed E-state index contributed by atoms with van der Waals surface area (Å²) in [6, 6.07) is 41.1. The zero-order chi connectivity index (χ0) is 31.8. The molecule has 6 aromatic carbocycles. The van der Waals surface area contributed by atoms with Gasteiger partial charge in [0.2, 0.25) is 11.1 Å². The van der Waals surface area contributed by atoms with Gasteiger partial charge in [0.25, 0.3) is 5.69 Å². The van der Waals surface area contributed by atoms with Crippen LogP contribution >= 0.6 is 0 Å². The largest absolute Gasteiger partial charge is 0.399 e. The highest BCUT2D eigenvalue weighted by Crippen LogP contribution is 2.36. The number of aromatic nitrogens is 2.